The second-order valence-electron chi connectivity index (χ2n) is 6.31. The number of hydrogen-bond donors (Lipinski definition) is 2. The molecular formula is C22H20N2O4S2. The first kappa shape index (κ1) is 21.6. The van der Waals surface area contributed by atoms with Gasteiger partial charge in [-0.1, -0.05) is 29.8 Å². The average Bonchev–Trinajstić information content (AvgIpc) is 3.21. The van der Waals surface area contributed by atoms with Crippen LogP contribution < -0.4 is 10.6 Å². The smallest absolute Gasteiger partial charge is 0.350 e. The predicted octanol–water partition coefficient (Wildman–Crippen LogP) is 4.83. The van der Waals surface area contributed by atoms with E-state index in [0.717, 1.165) is 10.5 Å². The van der Waals surface area contributed by atoms with E-state index in [1.54, 1.807) is 29.6 Å². The van der Waals surface area contributed by atoms with Crippen molar-refractivity contribution in [3.05, 3.63) is 76.0 Å². The third kappa shape index (κ3) is 5.49. The Bertz CT molecular complexity index is 1060. The van der Waals surface area contributed by atoms with E-state index in [-0.39, 0.29) is 17.6 Å². The molecule has 6 nitrogen and oxygen atoms in total. The summed E-state index contributed by atoms with van der Waals surface area (Å²) >= 11 is 2.50. The number of thioether (sulfide) groups is 1. The Kier molecular flexibility index (Phi) is 7.26. The minimum Gasteiger partial charge on any atom is -0.465 e. The molecule has 2 amide bonds. The van der Waals surface area contributed by atoms with Crippen LogP contribution in [0.2, 0.25) is 0 Å². The zero-order valence-electron chi connectivity index (χ0n) is 16.4. The van der Waals surface area contributed by atoms with E-state index >= 15 is 0 Å². The Morgan fingerprint density at radius 1 is 0.967 bits per heavy atom. The van der Waals surface area contributed by atoms with Crippen molar-refractivity contribution in [3.8, 4) is 0 Å². The summed E-state index contributed by atoms with van der Waals surface area (Å²) in [4.78, 5) is 37.7. The Morgan fingerprint density at radius 3 is 2.43 bits per heavy atom. The molecule has 30 heavy (non-hydrogen) atoms. The monoisotopic (exact) mass is 440 g/mol. The minimum absolute atomic E-state index is 0.119. The van der Waals surface area contributed by atoms with E-state index in [1.807, 2.05) is 37.3 Å². The minimum atomic E-state index is -0.489. The van der Waals surface area contributed by atoms with E-state index in [2.05, 4.69) is 10.6 Å². The van der Waals surface area contributed by atoms with E-state index in [4.69, 9.17) is 4.74 Å². The summed E-state index contributed by atoms with van der Waals surface area (Å²) in [6.45, 7) is 1.96. The van der Waals surface area contributed by atoms with Crippen LogP contribution in [0.4, 0.5) is 11.4 Å². The van der Waals surface area contributed by atoms with E-state index in [9.17, 15) is 14.4 Å². The van der Waals surface area contributed by atoms with Gasteiger partial charge >= 0.3 is 5.97 Å². The van der Waals surface area contributed by atoms with Crippen LogP contribution in [0.1, 0.15) is 25.6 Å². The highest BCUT2D eigenvalue weighted by Crippen LogP contribution is 2.28. The molecule has 0 unspecified atom stereocenters. The molecule has 2 aromatic carbocycles. The number of rotatable bonds is 7. The molecule has 0 bridgehead atoms. The maximum Gasteiger partial charge on any atom is 0.350 e. The molecule has 0 saturated carbocycles. The molecule has 0 fully saturated rings. The topological polar surface area (TPSA) is 84.5 Å². The van der Waals surface area contributed by atoms with Crippen LogP contribution in [0.25, 0.3) is 0 Å². The summed E-state index contributed by atoms with van der Waals surface area (Å²) < 4.78 is 4.72. The number of thiophene rings is 1. The molecule has 2 N–H and O–H groups in total. The van der Waals surface area contributed by atoms with E-state index < -0.39 is 5.97 Å². The predicted molar refractivity (Wildman–Crippen MR) is 121 cm³/mol. The summed E-state index contributed by atoms with van der Waals surface area (Å²) in [5.41, 5.74) is 2.70. The summed E-state index contributed by atoms with van der Waals surface area (Å²) in [5.74, 6) is -0.845. The number of benzene rings is 2. The van der Waals surface area contributed by atoms with E-state index in [1.165, 1.54) is 30.2 Å². The molecule has 0 radical (unpaired) electrons. The van der Waals surface area contributed by atoms with Gasteiger partial charge in [-0.3, -0.25) is 9.59 Å². The molecule has 3 rings (SSSR count). The highest BCUT2D eigenvalue weighted by atomic mass is 32.2. The number of para-hydroxylation sites is 1. The molecule has 3 aromatic rings. The summed E-state index contributed by atoms with van der Waals surface area (Å²) in [6, 6.07) is 16.3. The number of ether oxygens (including phenoxy) is 1. The fraction of sp³-hybridized carbons (Fsp3) is 0.136. The number of amides is 2. The van der Waals surface area contributed by atoms with Gasteiger partial charge in [0.15, 0.2) is 0 Å². The lowest BCUT2D eigenvalue weighted by Gasteiger charge is -2.11. The SMILES string of the molecule is COC(=O)c1sccc1NC(=O)CSc1ccccc1NC(=O)c1ccc(C)cc1. The summed E-state index contributed by atoms with van der Waals surface area (Å²) in [5, 5.41) is 7.34. The van der Waals surface area contributed by atoms with Crippen molar-refractivity contribution in [2.24, 2.45) is 0 Å². The Morgan fingerprint density at radius 2 is 1.70 bits per heavy atom. The van der Waals surface area contributed by atoms with Crippen molar-refractivity contribution in [1.29, 1.82) is 0 Å². The first-order valence-corrected chi connectivity index (χ1v) is 10.9. The third-order valence-corrected chi connectivity index (χ3v) is 6.09. The number of carbonyl (C=O) groups excluding carboxylic acids is 3. The molecule has 154 valence electrons. The molecule has 0 aliphatic rings. The largest absolute Gasteiger partial charge is 0.465 e. The Hall–Kier alpha value is -3.10. The number of nitrogens with one attached hydrogen (secondary N) is 2. The Balaban J connectivity index is 1.63. The summed E-state index contributed by atoms with van der Waals surface area (Å²) in [7, 11) is 1.30. The van der Waals surface area contributed by atoms with Gasteiger partial charge < -0.3 is 15.4 Å². The first-order chi connectivity index (χ1) is 14.5. The standard InChI is InChI=1S/C22H20N2O4S2/c1-14-7-9-15(10-8-14)21(26)24-16-5-3-4-6-18(16)30-13-19(25)23-17-11-12-29-20(17)22(27)28-2/h3-12H,13H2,1-2H3,(H,23,25)(H,24,26). The molecule has 1 heterocycles. The lowest BCUT2D eigenvalue weighted by Crippen LogP contribution is -2.16. The number of esters is 1. The van der Waals surface area contributed by atoms with Gasteiger partial charge in [0, 0.05) is 10.5 Å². The number of methoxy groups -OCH3 is 1. The number of carbonyl (C=O) groups is 3. The van der Waals surface area contributed by atoms with Gasteiger partial charge in [-0.15, -0.1) is 23.1 Å². The van der Waals surface area contributed by atoms with E-state index in [0.29, 0.717) is 21.8 Å². The molecule has 0 aliphatic carbocycles. The zero-order valence-corrected chi connectivity index (χ0v) is 18.1. The third-order valence-electron chi connectivity index (χ3n) is 4.12. The van der Waals surface area contributed by atoms with Crippen LogP contribution in [-0.4, -0.2) is 30.6 Å². The van der Waals surface area contributed by atoms with Gasteiger partial charge in [0.2, 0.25) is 5.91 Å². The number of hydrogen-bond acceptors (Lipinski definition) is 6. The van der Waals surface area contributed by atoms with Crippen LogP contribution >= 0.6 is 23.1 Å². The van der Waals surface area contributed by atoms with Gasteiger partial charge in [0.25, 0.3) is 5.91 Å². The quantitative estimate of drug-likeness (QED) is 0.406. The van der Waals surface area contributed by atoms with Crippen LogP contribution in [0.3, 0.4) is 0 Å². The molecule has 0 spiro atoms. The average molecular weight is 441 g/mol. The van der Waals surface area contributed by atoms with Crippen molar-refractivity contribution >= 4 is 52.3 Å². The second-order valence-corrected chi connectivity index (χ2v) is 8.24. The van der Waals surface area contributed by atoms with Crippen molar-refractivity contribution in [1.82, 2.24) is 0 Å². The van der Waals surface area contributed by atoms with Crippen molar-refractivity contribution in [3.63, 3.8) is 0 Å². The maximum absolute atomic E-state index is 12.5. The van der Waals surface area contributed by atoms with Crippen LogP contribution in [0.15, 0.2) is 64.9 Å². The molecular weight excluding hydrogens is 420 g/mol. The second kappa shape index (κ2) is 10.1. The van der Waals surface area contributed by atoms with Crippen molar-refractivity contribution < 1.29 is 19.1 Å². The molecule has 1 aromatic heterocycles. The van der Waals surface area contributed by atoms with Crippen LogP contribution in [-0.2, 0) is 9.53 Å². The highest BCUT2D eigenvalue weighted by molar-refractivity contribution is 8.00. The zero-order chi connectivity index (χ0) is 21.5. The van der Waals surface area contributed by atoms with Gasteiger partial charge in [-0.05, 0) is 42.6 Å². The van der Waals surface area contributed by atoms with Crippen molar-refractivity contribution in [2.45, 2.75) is 11.8 Å². The number of anilines is 2. The van der Waals surface area contributed by atoms with Gasteiger partial charge in [-0.25, -0.2) is 4.79 Å². The van der Waals surface area contributed by atoms with Gasteiger partial charge in [0.1, 0.15) is 4.88 Å². The van der Waals surface area contributed by atoms with Crippen molar-refractivity contribution in [2.75, 3.05) is 23.5 Å². The molecule has 0 saturated heterocycles. The fourth-order valence-electron chi connectivity index (χ4n) is 2.58. The number of aryl methyl sites for hydroxylation is 1. The van der Waals surface area contributed by atoms with Gasteiger partial charge in [0.05, 0.1) is 24.2 Å². The molecule has 0 atom stereocenters. The lowest BCUT2D eigenvalue weighted by atomic mass is 10.1. The maximum atomic E-state index is 12.5. The van der Waals surface area contributed by atoms with Crippen LogP contribution in [0, 0.1) is 6.92 Å². The normalized spacial score (nSPS) is 10.3. The first-order valence-electron chi connectivity index (χ1n) is 9.03. The molecule has 0 aliphatic heterocycles. The highest BCUT2D eigenvalue weighted by Gasteiger charge is 2.16. The molecule has 8 heteroatoms. The lowest BCUT2D eigenvalue weighted by molar-refractivity contribution is -0.113. The van der Waals surface area contributed by atoms with Gasteiger partial charge in [-0.2, -0.15) is 0 Å². The van der Waals surface area contributed by atoms with Crippen LogP contribution in [0.5, 0.6) is 0 Å². The fourth-order valence-corrected chi connectivity index (χ4v) is 4.16. The Labute approximate surface area is 182 Å². The summed E-state index contributed by atoms with van der Waals surface area (Å²) in [6.07, 6.45) is 0.